The topological polar surface area (TPSA) is 67.1 Å². The highest BCUT2D eigenvalue weighted by molar-refractivity contribution is 5.80. The molecule has 0 aliphatic heterocycles. The van der Waals surface area contributed by atoms with Gasteiger partial charge in [0.1, 0.15) is 12.2 Å². The highest BCUT2D eigenvalue weighted by Gasteiger charge is 2.06. The molecule has 1 aromatic heterocycles. The van der Waals surface area contributed by atoms with E-state index < -0.39 is 0 Å². The molecule has 6 heteroatoms. The van der Waals surface area contributed by atoms with Crippen molar-refractivity contribution in [2.24, 2.45) is 4.99 Å². The Morgan fingerprint density at radius 2 is 2.04 bits per heavy atom. The molecule has 138 valence electrons. The Morgan fingerprint density at radius 3 is 2.75 bits per heavy atom. The normalized spacial score (nSPS) is 13.1. The van der Waals surface area contributed by atoms with Crippen molar-refractivity contribution < 1.29 is 0 Å². The minimum atomic E-state index is 0.450. The summed E-state index contributed by atoms with van der Waals surface area (Å²) in [5, 5.41) is 15.1. The van der Waals surface area contributed by atoms with Crippen molar-refractivity contribution in [1.82, 2.24) is 25.4 Å². The van der Waals surface area contributed by atoms with Crippen LogP contribution in [0.25, 0.3) is 0 Å². The summed E-state index contributed by atoms with van der Waals surface area (Å²) >= 11 is 0. The van der Waals surface area contributed by atoms with Crippen LogP contribution in [0, 0.1) is 0 Å². The molecule has 1 aromatic rings. The van der Waals surface area contributed by atoms with Gasteiger partial charge in [0.2, 0.25) is 0 Å². The van der Waals surface area contributed by atoms with Gasteiger partial charge in [0, 0.05) is 32.1 Å². The van der Waals surface area contributed by atoms with Crippen molar-refractivity contribution in [3.05, 3.63) is 12.2 Å². The van der Waals surface area contributed by atoms with Gasteiger partial charge in [-0.15, -0.1) is 10.2 Å². The van der Waals surface area contributed by atoms with Crippen LogP contribution in [0.2, 0.25) is 0 Å². The van der Waals surface area contributed by atoms with E-state index in [1.807, 2.05) is 0 Å². The van der Waals surface area contributed by atoms with Crippen LogP contribution in [-0.2, 0) is 13.0 Å². The van der Waals surface area contributed by atoms with Crippen LogP contribution in [0.3, 0.4) is 0 Å². The third kappa shape index (κ3) is 8.31. The van der Waals surface area contributed by atoms with Crippen molar-refractivity contribution in [3.63, 3.8) is 0 Å². The maximum Gasteiger partial charge on any atom is 0.191 e. The predicted molar refractivity (Wildman–Crippen MR) is 101 cm³/mol. The number of hydrogen-bond acceptors (Lipinski definition) is 3. The van der Waals surface area contributed by atoms with Crippen LogP contribution in [0.4, 0.5) is 0 Å². The fourth-order valence-electron chi connectivity index (χ4n) is 2.59. The Kier molecular flexibility index (Phi) is 10.9. The maximum atomic E-state index is 4.64. The number of nitrogens with one attached hydrogen (secondary N) is 2. The van der Waals surface area contributed by atoms with E-state index in [1.54, 1.807) is 6.33 Å². The molecule has 2 N–H and O–H groups in total. The summed E-state index contributed by atoms with van der Waals surface area (Å²) in [4.78, 5) is 4.64. The zero-order valence-electron chi connectivity index (χ0n) is 16.0. The molecule has 0 aliphatic rings. The first kappa shape index (κ1) is 20.5. The van der Waals surface area contributed by atoms with Crippen LogP contribution < -0.4 is 10.6 Å². The fourth-order valence-corrected chi connectivity index (χ4v) is 2.59. The Labute approximate surface area is 147 Å². The van der Waals surface area contributed by atoms with E-state index in [0.717, 1.165) is 44.3 Å². The molecule has 1 rings (SSSR count). The minimum absolute atomic E-state index is 0.450. The zero-order chi connectivity index (χ0) is 17.6. The average Bonchev–Trinajstić information content (AvgIpc) is 3.04. The minimum Gasteiger partial charge on any atom is -0.355 e. The summed E-state index contributed by atoms with van der Waals surface area (Å²) in [5.41, 5.74) is 0. The number of hydrogen-bond donors (Lipinski definition) is 2. The Morgan fingerprint density at radius 1 is 1.21 bits per heavy atom. The van der Waals surface area contributed by atoms with Gasteiger partial charge in [-0.25, -0.2) is 0 Å². The van der Waals surface area contributed by atoms with Crippen LogP contribution in [0.5, 0.6) is 0 Å². The second-order valence-corrected chi connectivity index (χ2v) is 6.35. The number of nitrogens with zero attached hydrogens (tertiary/aromatic N) is 4. The monoisotopic (exact) mass is 336 g/mol. The lowest BCUT2D eigenvalue weighted by Crippen LogP contribution is -2.43. The number of aromatic nitrogens is 3. The van der Waals surface area contributed by atoms with E-state index in [0.29, 0.717) is 6.04 Å². The van der Waals surface area contributed by atoms with Gasteiger partial charge in [0.15, 0.2) is 5.96 Å². The summed E-state index contributed by atoms with van der Waals surface area (Å²) in [7, 11) is 0. The second-order valence-electron chi connectivity index (χ2n) is 6.35. The van der Waals surface area contributed by atoms with E-state index in [-0.39, 0.29) is 0 Å². The molecular weight excluding hydrogens is 300 g/mol. The third-order valence-electron chi connectivity index (χ3n) is 4.02. The Hall–Kier alpha value is -1.59. The van der Waals surface area contributed by atoms with Gasteiger partial charge in [-0.3, -0.25) is 4.99 Å². The molecule has 0 bridgehead atoms. The van der Waals surface area contributed by atoms with Gasteiger partial charge < -0.3 is 15.2 Å². The van der Waals surface area contributed by atoms with Crippen molar-refractivity contribution >= 4 is 5.96 Å². The van der Waals surface area contributed by atoms with Crippen LogP contribution in [0.15, 0.2) is 11.3 Å². The first-order chi connectivity index (χ1) is 11.7. The highest BCUT2D eigenvalue weighted by atomic mass is 15.3. The van der Waals surface area contributed by atoms with Crippen molar-refractivity contribution in [2.45, 2.75) is 85.2 Å². The van der Waals surface area contributed by atoms with Crippen LogP contribution >= 0.6 is 0 Å². The highest BCUT2D eigenvalue weighted by Crippen LogP contribution is 2.05. The molecule has 0 saturated heterocycles. The number of guanidine groups is 1. The Balaban J connectivity index is 2.38. The number of unbranched alkanes of at least 4 members (excludes halogenated alkanes) is 3. The molecule has 0 spiro atoms. The molecule has 0 radical (unpaired) electrons. The van der Waals surface area contributed by atoms with Crippen LogP contribution in [-0.4, -0.2) is 39.9 Å². The first-order valence-corrected chi connectivity index (χ1v) is 9.62. The number of aryl methyl sites for hydroxylation is 1. The van der Waals surface area contributed by atoms with Gasteiger partial charge in [-0.2, -0.15) is 0 Å². The van der Waals surface area contributed by atoms with E-state index in [9.17, 15) is 0 Å². The lowest BCUT2D eigenvalue weighted by atomic mass is 10.1. The summed E-state index contributed by atoms with van der Waals surface area (Å²) in [6, 6.07) is 0.450. The molecule has 0 fully saturated rings. The van der Waals surface area contributed by atoms with Crippen molar-refractivity contribution in [2.75, 3.05) is 13.1 Å². The molecule has 1 unspecified atom stereocenters. The molecule has 6 nitrogen and oxygen atoms in total. The van der Waals surface area contributed by atoms with Gasteiger partial charge >= 0.3 is 0 Å². The molecule has 24 heavy (non-hydrogen) atoms. The largest absolute Gasteiger partial charge is 0.355 e. The van der Waals surface area contributed by atoms with Gasteiger partial charge in [0.05, 0.1) is 0 Å². The van der Waals surface area contributed by atoms with Gasteiger partial charge in [-0.05, 0) is 19.8 Å². The van der Waals surface area contributed by atoms with Crippen molar-refractivity contribution in [1.29, 1.82) is 0 Å². The average molecular weight is 337 g/mol. The van der Waals surface area contributed by atoms with Crippen LogP contribution in [0.1, 0.15) is 72.0 Å². The van der Waals surface area contributed by atoms with Crippen molar-refractivity contribution in [3.8, 4) is 0 Å². The quantitative estimate of drug-likeness (QED) is 0.349. The molecule has 0 aromatic carbocycles. The van der Waals surface area contributed by atoms with E-state index in [4.69, 9.17) is 0 Å². The third-order valence-corrected chi connectivity index (χ3v) is 4.02. The summed E-state index contributed by atoms with van der Waals surface area (Å²) in [5.74, 6) is 1.95. The fraction of sp³-hybridized carbons (Fsp3) is 0.833. The molecule has 0 saturated carbocycles. The predicted octanol–water partition coefficient (Wildman–Crippen LogP) is 3.14. The molecule has 0 amide bonds. The molecule has 0 aliphatic carbocycles. The molecular formula is C18H36N6. The van der Waals surface area contributed by atoms with E-state index in [1.165, 1.54) is 32.1 Å². The zero-order valence-corrected chi connectivity index (χ0v) is 16.0. The molecule has 1 atom stereocenters. The van der Waals surface area contributed by atoms with Gasteiger partial charge in [0.25, 0.3) is 0 Å². The van der Waals surface area contributed by atoms with Gasteiger partial charge in [-0.1, -0.05) is 46.5 Å². The standard InChI is InChI=1S/C18H36N6/c1-5-8-9-10-11-16(4)22-18(19-12-6-2)20-13-14-24-15-21-23-17(24)7-3/h15-16H,5-14H2,1-4H3,(H2,19,20,22). The summed E-state index contributed by atoms with van der Waals surface area (Å²) < 4.78 is 2.10. The lowest BCUT2D eigenvalue weighted by molar-refractivity contribution is 0.533. The lowest BCUT2D eigenvalue weighted by Gasteiger charge is -2.18. The second kappa shape index (κ2) is 12.8. The van der Waals surface area contributed by atoms with E-state index >= 15 is 0 Å². The number of aliphatic imine (C=N–C) groups is 1. The Bertz CT molecular complexity index is 454. The summed E-state index contributed by atoms with van der Waals surface area (Å²) in [6.45, 7) is 11.3. The number of rotatable bonds is 12. The smallest absolute Gasteiger partial charge is 0.191 e. The SMILES string of the molecule is CCCCCCC(C)NC(=NCCC)NCCn1cnnc1CC. The maximum absolute atomic E-state index is 4.64. The van der Waals surface area contributed by atoms with E-state index in [2.05, 4.69) is 58.1 Å². The summed E-state index contributed by atoms with van der Waals surface area (Å²) in [6.07, 6.45) is 10.2. The molecule has 1 heterocycles. The first-order valence-electron chi connectivity index (χ1n) is 9.62.